The van der Waals surface area contributed by atoms with Crippen molar-refractivity contribution < 1.29 is 39.6 Å². The Bertz CT molecular complexity index is 1070. The summed E-state index contributed by atoms with van der Waals surface area (Å²) in [5, 5.41) is 0. The summed E-state index contributed by atoms with van der Waals surface area (Å²) in [7, 11) is -3.85. The summed E-state index contributed by atoms with van der Waals surface area (Å²) < 4.78 is 105. The molecule has 2 aromatic rings. The molecule has 1 fully saturated rings. The smallest absolute Gasteiger partial charge is 0.336 e. The third kappa shape index (κ3) is 5.07. The minimum Gasteiger partial charge on any atom is -0.336 e. The maximum absolute atomic E-state index is 13.0. The second kappa shape index (κ2) is 8.39. The van der Waals surface area contributed by atoms with Gasteiger partial charge in [-0.1, -0.05) is 17.7 Å². The van der Waals surface area contributed by atoms with Crippen LogP contribution in [-0.2, 0) is 22.4 Å². The zero-order valence-corrected chi connectivity index (χ0v) is 17.5. The van der Waals surface area contributed by atoms with Crippen molar-refractivity contribution in [3.63, 3.8) is 0 Å². The van der Waals surface area contributed by atoms with E-state index in [0.29, 0.717) is 12.1 Å². The van der Waals surface area contributed by atoms with E-state index < -0.39 is 45.0 Å². The van der Waals surface area contributed by atoms with Crippen LogP contribution in [0.25, 0.3) is 0 Å². The fourth-order valence-corrected chi connectivity index (χ4v) is 4.67. The fraction of sp³-hybridized carbons (Fsp3) is 0.350. The molecule has 1 heterocycles. The second-order valence-electron chi connectivity index (χ2n) is 7.30. The third-order valence-corrected chi connectivity index (χ3v) is 6.93. The van der Waals surface area contributed by atoms with E-state index in [0.717, 1.165) is 14.8 Å². The van der Waals surface area contributed by atoms with Gasteiger partial charge in [0.2, 0.25) is 10.0 Å². The highest BCUT2D eigenvalue weighted by atomic mass is 32.2. The first kappa shape index (κ1) is 24.1. The lowest BCUT2D eigenvalue weighted by molar-refractivity contribution is -0.143. The van der Waals surface area contributed by atoms with Crippen LogP contribution >= 0.6 is 0 Å². The van der Waals surface area contributed by atoms with Gasteiger partial charge in [0, 0.05) is 31.7 Å². The molecule has 1 aliphatic heterocycles. The summed E-state index contributed by atoms with van der Waals surface area (Å²) in [5.74, 6) is -1.03. The molecule has 0 N–H and O–H groups in total. The number of benzene rings is 2. The lowest BCUT2D eigenvalue weighted by Crippen LogP contribution is -2.50. The van der Waals surface area contributed by atoms with Gasteiger partial charge in [-0.25, -0.2) is 8.42 Å². The second-order valence-corrected chi connectivity index (χ2v) is 9.24. The van der Waals surface area contributed by atoms with E-state index in [4.69, 9.17) is 0 Å². The van der Waals surface area contributed by atoms with Gasteiger partial charge in [0.25, 0.3) is 5.91 Å². The van der Waals surface area contributed by atoms with E-state index in [1.54, 1.807) is 19.1 Å². The number of amides is 1. The van der Waals surface area contributed by atoms with Gasteiger partial charge in [0.05, 0.1) is 16.0 Å². The zero-order valence-electron chi connectivity index (χ0n) is 16.7. The van der Waals surface area contributed by atoms with Crippen LogP contribution < -0.4 is 0 Å². The molecule has 1 amide bonds. The molecule has 5 nitrogen and oxygen atoms in total. The molecule has 0 unspecified atom stereocenters. The number of rotatable bonds is 3. The van der Waals surface area contributed by atoms with Crippen LogP contribution in [0.4, 0.5) is 26.3 Å². The van der Waals surface area contributed by atoms with Crippen molar-refractivity contribution in [1.29, 1.82) is 0 Å². The number of aryl methyl sites for hydroxylation is 1. The number of carbonyl (C=O) groups is 1. The standard InChI is InChI=1S/C20H18F6N2O3S/c1-13-2-4-17(5-3-13)32(30,31)28-8-6-27(7-9-28)18(29)14-10-15(19(21,22)23)12-16(11-14)20(24,25)26/h2-5,10-12H,6-9H2,1H3. The van der Waals surface area contributed by atoms with Gasteiger partial charge < -0.3 is 4.90 Å². The Kier molecular flexibility index (Phi) is 6.31. The van der Waals surface area contributed by atoms with Crippen molar-refractivity contribution in [1.82, 2.24) is 9.21 Å². The minimum absolute atomic E-state index is 0.0515. The lowest BCUT2D eigenvalue weighted by Gasteiger charge is -2.34. The van der Waals surface area contributed by atoms with Gasteiger partial charge in [-0.15, -0.1) is 0 Å². The molecule has 0 aromatic heterocycles. The van der Waals surface area contributed by atoms with Gasteiger partial charge in [0.1, 0.15) is 0 Å². The Labute approximate surface area is 180 Å². The summed E-state index contributed by atoms with van der Waals surface area (Å²) in [6.07, 6.45) is -10.1. The van der Waals surface area contributed by atoms with Gasteiger partial charge in [-0.2, -0.15) is 30.6 Å². The molecule has 174 valence electrons. The molecule has 0 atom stereocenters. The number of hydrogen-bond donors (Lipinski definition) is 0. The highest BCUT2D eigenvalue weighted by Crippen LogP contribution is 2.36. The molecule has 3 rings (SSSR count). The SMILES string of the molecule is Cc1ccc(S(=O)(=O)N2CCN(C(=O)c3cc(C(F)(F)F)cc(C(F)(F)F)c3)CC2)cc1. The number of hydrogen-bond acceptors (Lipinski definition) is 3. The molecule has 1 saturated heterocycles. The number of alkyl halides is 6. The van der Waals surface area contributed by atoms with Gasteiger partial charge in [-0.3, -0.25) is 4.79 Å². The Morgan fingerprint density at radius 1 is 0.812 bits per heavy atom. The lowest BCUT2D eigenvalue weighted by atomic mass is 10.0. The monoisotopic (exact) mass is 480 g/mol. The number of halogens is 6. The third-order valence-electron chi connectivity index (χ3n) is 5.02. The highest BCUT2D eigenvalue weighted by molar-refractivity contribution is 7.89. The van der Waals surface area contributed by atoms with Gasteiger partial charge in [0.15, 0.2) is 0 Å². The average molecular weight is 480 g/mol. The largest absolute Gasteiger partial charge is 0.416 e. The van der Waals surface area contributed by atoms with E-state index in [1.165, 1.54) is 12.1 Å². The van der Waals surface area contributed by atoms with Crippen LogP contribution in [0.3, 0.4) is 0 Å². The Balaban J connectivity index is 1.80. The van der Waals surface area contributed by atoms with Crippen LogP contribution in [0, 0.1) is 6.92 Å². The predicted octanol–water partition coefficient (Wildman–Crippen LogP) is 4.18. The normalized spacial score (nSPS) is 16.3. The average Bonchev–Trinajstić information content (AvgIpc) is 2.72. The maximum Gasteiger partial charge on any atom is 0.416 e. The van der Waals surface area contributed by atoms with Crippen LogP contribution in [-0.4, -0.2) is 49.7 Å². The molecular formula is C20H18F6N2O3S. The first-order valence-electron chi connectivity index (χ1n) is 9.35. The Hall–Kier alpha value is -2.60. The maximum atomic E-state index is 13.0. The summed E-state index contributed by atoms with van der Waals surface area (Å²) in [5.41, 5.74) is -3.08. The van der Waals surface area contributed by atoms with Crippen LogP contribution in [0.15, 0.2) is 47.4 Å². The molecule has 0 saturated carbocycles. The van der Waals surface area contributed by atoms with E-state index in [2.05, 4.69) is 0 Å². The fourth-order valence-electron chi connectivity index (χ4n) is 3.25. The van der Waals surface area contributed by atoms with E-state index in [9.17, 15) is 39.6 Å². The molecule has 0 bridgehead atoms. The number of piperazine rings is 1. The summed E-state index contributed by atoms with van der Waals surface area (Å²) in [6, 6.07) is 6.80. The predicted molar refractivity (Wildman–Crippen MR) is 102 cm³/mol. The molecular weight excluding hydrogens is 462 g/mol. The summed E-state index contributed by atoms with van der Waals surface area (Å²) in [4.78, 5) is 13.7. The van der Waals surface area contributed by atoms with Crippen molar-refractivity contribution in [2.24, 2.45) is 0 Å². The number of nitrogens with zero attached hydrogens (tertiary/aromatic N) is 2. The molecule has 0 aliphatic carbocycles. The first-order valence-corrected chi connectivity index (χ1v) is 10.8. The van der Waals surface area contributed by atoms with Crippen LogP contribution in [0.1, 0.15) is 27.0 Å². The highest BCUT2D eigenvalue weighted by Gasteiger charge is 2.38. The molecule has 0 radical (unpaired) electrons. The van der Waals surface area contributed by atoms with Gasteiger partial charge in [-0.05, 0) is 37.3 Å². The molecule has 32 heavy (non-hydrogen) atoms. The zero-order chi connectivity index (χ0) is 23.9. The quantitative estimate of drug-likeness (QED) is 0.620. The van der Waals surface area contributed by atoms with Crippen LogP contribution in [0.2, 0.25) is 0 Å². The van der Waals surface area contributed by atoms with Crippen molar-refractivity contribution in [2.75, 3.05) is 26.2 Å². The van der Waals surface area contributed by atoms with E-state index in [1.807, 2.05) is 0 Å². The van der Waals surface area contributed by atoms with Crippen molar-refractivity contribution in [3.8, 4) is 0 Å². The minimum atomic E-state index is -5.07. The molecule has 2 aromatic carbocycles. The summed E-state index contributed by atoms with van der Waals surface area (Å²) in [6.45, 7) is 1.14. The van der Waals surface area contributed by atoms with Crippen LogP contribution in [0.5, 0.6) is 0 Å². The van der Waals surface area contributed by atoms with E-state index in [-0.39, 0.29) is 37.1 Å². The van der Waals surface area contributed by atoms with Crippen molar-refractivity contribution in [3.05, 3.63) is 64.7 Å². The summed E-state index contributed by atoms with van der Waals surface area (Å²) >= 11 is 0. The first-order chi connectivity index (χ1) is 14.7. The van der Waals surface area contributed by atoms with Crippen molar-refractivity contribution in [2.45, 2.75) is 24.2 Å². The number of carbonyl (C=O) groups excluding carboxylic acids is 1. The van der Waals surface area contributed by atoms with E-state index >= 15 is 0 Å². The van der Waals surface area contributed by atoms with Gasteiger partial charge >= 0.3 is 12.4 Å². The molecule has 1 aliphatic rings. The molecule has 12 heteroatoms. The topological polar surface area (TPSA) is 57.7 Å². The number of sulfonamides is 1. The molecule has 0 spiro atoms. The van der Waals surface area contributed by atoms with Crippen molar-refractivity contribution >= 4 is 15.9 Å². The Morgan fingerprint density at radius 2 is 1.28 bits per heavy atom. The Morgan fingerprint density at radius 3 is 1.72 bits per heavy atom.